The Morgan fingerprint density at radius 1 is 1.20 bits per heavy atom. The van der Waals surface area contributed by atoms with Crippen molar-refractivity contribution in [3.8, 4) is 11.5 Å². The average molecular weight is 335 g/mol. The zero-order valence-electron chi connectivity index (χ0n) is 10.4. The summed E-state index contributed by atoms with van der Waals surface area (Å²) >= 11 is 3.34. The van der Waals surface area contributed by atoms with Crippen LogP contribution in [0.1, 0.15) is 10.4 Å². The van der Waals surface area contributed by atoms with E-state index >= 15 is 0 Å². The Bertz CT molecular complexity index is 661. The Hall–Kier alpha value is -2.08. The summed E-state index contributed by atoms with van der Waals surface area (Å²) in [5.41, 5.74) is 0.492. The van der Waals surface area contributed by atoms with Gasteiger partial charge in [0.15, 0.2) is 11.5 Å². The van der Waals surface area contributed by atoms with E-state index in [2.05, 4.69) is 26.2 Å². The Balaban J connectivity index is 1.82. The summed E-state index contributed by atoms with van der Waals surface area (Å²) in [5.74, 6) is 1.48. The summed E-state index contributed by atoms with van der Waals surface area (Å²) in [6.45, 7) is 1.02. The van der Waals surface area contributed by atoms with Gasteiger partial charge in [-0.15, -0.1) is 0 Å². The lowest BCUT2D eigenvalue weighted by Gasteiger charge is -2.18. The Labute approximate surface area is 124 Å². The summed E-state index contributed by atoms with van der Waals surface area (Å²) in [6.07, 6.45) is 1.62. The van der Waals surface area contributed by atoms with E-state index in [1.54, 1.807) is 30.5 Å². The van der Waals surface area contributed by atoms with Gasteiger partial charge in [-0.05, 0) is 46.3 Å². The highest BCUT2D eigenvalue weighted by Gasteiger charge is 2.15. The van der Waals surface area contributed by atoms with E-state index in [9.17, 15) is 4.79 Å². The van der Waals surface area contributed by atoms with E-state index in [4.69, 9.17) is 9.47 Å². The van der Waals surface area contributed by atoms with Gasteiger partial charge >= 0.3 is 0 Å². The number of aromatic nitrogens is 1. The molecule has 0 unspecified atom stereocenters. The van der Waals surface area contributed by atoms with Gasteiger partial charge in [-0.2, -0.15) is 0 Å². The first-order valence-electron chi connectivity index (χ1n) is 6.05. The molecule has 1 aromatic heterocycles. The van der Waals surface area contributed by atoms with E-state index in [0.29, 0.717) is 36.1 Å². The molecule has 3 rings (SSSR count). The number of nitrogens with zero attached hydrogens (tertiary/aromatic N) is 1. The zero-order valence-corrected chi connectivity index (χ0v) is 12.0. The summed E-state index contributed by atoms with van der Waals surface area (Å²) < 4.78 is 11.6. The second-order valence-corrected chi connectivity index (χ2v) is 5.00. The number of carbonyl (C=O) groups excluding carboxylic acids is 1. The Kier molecular flexibility index (Phi) is 3.56. The molecule has 0 atom stereocenters. The normalized spacial score (nSPS) is 12.8. The van der Waals surface area contributed by atoms with Crippen molar-refractivity contribution in [2.45, 2.75) is 0 Å². The van der Waals surface area contributed by atoms with Crippen LogP contribution in [-0.2, 0) is 0 Å². The Morgan fingerprint density at radius 2 is 2.00 bits per heavy atom. The van der Waals surface area contributed by atoms with Gasteiger partial charge < -0.3 is 14.8 Å². The number of fused-ring (bicyclic) bond motifs is 1. The molecule has 0 saturated carbocycles. The minimum absolute atomic E-state index is 0.249. The number of rotatable bonds is 2. The molecule has 0 saturated heterocycles. The fourth-order valence-corrected chi connectivity index (χ4v) is 2.20. The minimum Gasteiger partial charge on any atom is -0.486 e. The maximum atomic E-state index is 12.2. The molecular weight excluding hydrogens is 324 g/mol. The molecule has 0 radical (unpaired) electrons. The number of nitrogens with one attached hydrogen (secondary N) is 1. The monoisotopic (exact) mass is 334 g/mol. The van der Waals surface area contributed by atoms with Crippen molar-refractivity contribution in [3.05, 3.63) is 46.6 Å². The highest BCUT2D eigenvalue weighted by atomic mass is 79.9. The summed E-state index contributed by atoms with van der Waals surface area (Å²) in [7, 11) is 0. The maximum absolute atomic E-state index is 12.2. The van der Waals surface area contributed by atoms with Crippen LogP contribution in [0.3, 0.4) is 0 Å². The molecule has 1 N–H and O–H groups in total. The molecule has 1 aromatic carbocycles. The van der Waals surface area contributed by atoms with Crippen LogP contribution in [0.25, 0.3) is 0 Å². The molecular formula is C14H11BrN2O3. The summed E-state index contributed by atoms with van der Waals surface area (Å²) in [6, 6.07) is 8.69. The molecule has 2 aromatic rings. The lowest BCUT2D eigenvalue weighted by molar-refractivity contribution is 0.102. The second-order valence-electron chi connectivity index (χ2n) is 4.15. The standard InChI is InChI=1S/C14H11BrN2O3/c15-10-2-1-5-16-13(10)17-14(18)9-3-4-11-12(8-9)20-7-6-19-11/h1-5,8H,6-7H2,(H,16,17,18). The summed E-state index contributed by atoms with van der Waals surface area (Å²) in [4.78, 5) is 16.3. The third-order valence-electron chi connectivity index (χ3n) is 2.79. The van der Waals surface area contributed by atoms with Crippen LogP contribution in [-0.4, -0.2) is 24.1 Å². The van der Waals surface area contributed by atoms with Gasteiger partial charge in [-0.1, -0.05) is 0 Å². The first-order valence-corrected chi connectivity index (χ1v) is 6.85. The molecule has 2 heterocycles. The maximum Gasteiger partial charge on any atom is 0.256 e. The van der Waals surface area contributed by atoms with Crippen LogP contribution < -0.4 is 14.8 Å². The van der Waals surface area contributed by atoms with Gasteiger partial charge in [0.2, 0.25) is 0 Å². The minimum atomic E-state index is -0.249. The number of hydrogen-bond donors (Lipinski definition) is 1. The largest absolute Gasteiger partial charge is 0.486 e. The molecule has 5 nitrogen and oxygen atoms in total. The molecule has 0 spiro atoms. The molecule has 1 aliphatic heterocycles. The van der Waals surface area contributed by atoms with Crippen LogP contribution in [0, 0.1) is 0 Å². The topological polar surface area (TPSA) is 60.5 Å². The first kappa shape index (κ1) is 12.9. The smallest absolute Gasteiger partial charge is 0.256 e. The van der Waals surface area contributed by atoms with E-state index in [0.717, 1.165) is 4.47 Å². The van der Waals surface area contributed by atoms with E-state index < -0.39 is 0 Å². The van der Waals surface area contributed by atoms with Crippen LogP contribution in [0.4, 0.5) is 5.82 Å². The fraction of sp³-hybridized carbons (Fsp3) is 0.143. The number of hydrogen-bond acceptors (Lipinski definition) is 4. The van der Waals surface area contributed by atoms with Crippen molar-refractivity contribution >= 4 is 27.7 Å². The van der Waals surface area contributed by atoms with Crippen molar-refractivity contribution in [1.29, 1.82) is 0 Å². The van der Waals surface area contributed by atoms with Crippen molar-refractivity contribution in [2.24, 2.45) is 0 Å². The van der Waals surface area contributed by atoms with E-state index in [1.807, 2.05) is 6.07 Å². The molecule has 20 heavy (non-hydrogen) atoms. The molecule has 6 heteroatoms. The van der Waals surface area contributed by atoms with E-state index in [1.165, 1.54) is 0 Å². The van der Waals surface area contributed by atoms with Gasteiger partial charge in [0.05, 0.1) is 4.47 Å². The van der Waals surface area contributed by atoms with Gasteiger partial charge in [0.1, 0.15) is 19.0 Å². The van der Waals surface area contributed by atoms with Gasteiger partial charge in [-0.25, -0.2) is 4.98 Å². The second kappa shape index (κ2) is 5.50. The van der Waals surface area contributed by atoms with E-state index in [-0.39, 0.29) is 5.91 Å². The third-order valence-corrected chi connectivity index (χ3v) is 3.43. The molecule has 1 amide bonds. The van der Waals surface area contributed by atoms with Crippen molar-refractivity contribution in [3.63, 3.8) is 0 Å². The quantitative estimate of drug-likeness (QED) is 0.917. The zero-order chi connectivity index (χ0) is 13.9. The van der Waals surface area contributed by atoms with Gasteiger partial charge in [-0.3, -0.25) is 4.79 Å². The molecule has 0 bridgehead atoms. The Morgan fingerprint density at radius 3 is 2.80 bits per heavy atom. The number of pyridine rings is 1. The number of amides is 1. The van der Waals surface area contributed by atoms with Crippen molar-refractivity contribution in [2.75, 3.05) is 18.5 Å². The predicted octanol–water partition coefficient (Wildman–Crippen LogP) is 2.87. The lowest BCUT2D eigenvalue weighted by Crippen LogP contribution is -2.17. The molecule has 102 valence electrons. The number of carbonyl (C=O) groups is 1. The van der Waals surface area contributed by atoms with Crippen LogP contribution in [0.2, 0.25) is 0 Å². The average Bonchev–Trinajstić information content (AvgIpc) is 2.49. The van der Waals surface area contributed by atoms with Crippen molar-refractivity contribution in [1.82, 2.24) is 4.98 Å². The molecule has 0 fully saturated rings. The van der Waals surface area contributed by atoms with Crippen LogP contribution in [0.5, 0.6) is 11.5 Å². The van der Waals surface area contributed by atoms with Gasteiger partial charge in [0.25, 0.3) is 5.91 Å². The molecule has 1 aliphatic rings. The number of anilines is 1. The molecule has 0 aliphatic carbocycles. The first-order chi connectivity index (χ1) is 9.74. The fourth-order valence-electron chi connectivity index (χ4n) is 1.84. The van der Waals surface area contributed by atoms with Gasteiger partial charge in [0, 0.05) is 11.8 Å². The number of benzene rings is 1. The van der Waals surface area contributed by atoms with Crippen LogP contribution >= 0.6 is 15.9 Å². The number of ether oxygens (including phenoxy) is 2. The van der Waals surface area contributed by atoms with Crippen LogP contribution in [0.15, 0.2) is 41.0 Å². The third kappa shape index (κ3) is 2.60. The summed E-state index contributed by atoms with van der Waals surface area (Å²) in [5, 5.41) is 2.74. The predicted molar refractivity (Wildman–Crippen MR) is 77.3 cm³/mol. The highest BCUT2D eigenvalue weighted by molar-refractivity contribution is 9.10. The lowest BCUT2D eigenvalue weighted by atomic mass is 10.2. The number of halogens is 1. The van der Waals surface area contributed by atoms with Crippen molar-refractivity contribution < 1.29 is 14.3 Å². The SMILES string of the molecule is O=C(Nc1ncccc1Br)c1ccc2c(c1)OCCO2. The highest BCUT2D eigenvalue weighted by Crippen LogP contribution is 2.31.